The second-order valence-corrected chi connectivity index (χ2v) is 3.33. The molecule has 1 aliphatic rings. The molecule has 2 aromatic rings. The lowest BCUT2D eigenvalue weighted by Crippen LogP contribution is -1.91. The molecule has 4 nitrogen and oxygen atoms in total. The molecule has 0 fully saturated rings. The number of nitriles is 1. The Hall–Kier alpha value is -2.02. The summed E-state index contributed by atoms with van der Waals surface area (Å²) in [6.45, 7) is 0.967. The van der Waals surface area contributed by atoms with Crippen molar-refractivity contribution in [3.63, 3.8) is 0 Å². The van der Waals surface area contributed by atoms with Crippen molar-refractivity contribution in [1.82, 2.24) is 9.38 Å². The molecule has 0 saturated carbocycles. The van der Waals surface area contributed by atoms with E-state index in [0.717, 1.165) is 24.2 Å². The van der Waals surface area contributed by atoms with Gasteiger partial charge in [0.2, 0.25) is 0 Å². The van der Waals surface area contributed by atoms with Crippen LogP contribution >= 0.6 is 0 Å². The number of rotatable bonds is 0. The summed E-state index contributed by atoms with van der Waals surface area (Å²) in [4.78, 5) is 4.07. The summed E-state index contributed by atoms with van der Waals surface area (Å²) in [7, 11) is 0. The minimum Gasteiger partial charge on any atom is -0.383 e. The zero-order valence-corrected chi connectivity index (χ0v) is 7.49. The van der Waals surface area contributed by atoms with Gasteiger partial charge >= 0.3 is 0 Å². The number of imidazole rings is 1. The largest absolute Gasteiger partial charge is 0.383 e. The van der Waals surface area contributed by atoms with Gasteiger partial charge in [-0.05, 0) is 12.1 Å². The number of fused-ring (bicyclic) bond motifs is 3. The van der Waals surface area contributed by atoms with Gasteiger partial charge in [-0.1, -0.05) is 0 Å². The van der Waals surface area contributed by atoms with Crippen molar-refractivity contribution in [2.45, 2.75) is 6.42 Å². The van der Waals surface area contributed by atoms with Gasteiger partial charge in [0.15, 0.2) is 5.69 Å². The molecule has 0 saturated heterocycles. The second-order valence-electron chi connectivity index (χ2n) is 3.33. The van der Waals surface area contributed by atoms with Gasteiger partial charge in [-0.25, -0.2) is 4.98 Å². The first-order chi connectivity index (χ1) is 6.90. The Morgan fingerprint density at radius 2 is 2.43 bits per heavy atom. The molecule has 1 aliphatic heterocycles. The Morgan fingerprint density at radius 1 is 1.50 bits per heavy atom. The molecular formula is C10H8N4. The summed E-state index contributed by atoms with van der Waals surface area (Å²) in [5.74, 6) is 0. The average Bonchev–Trinajstić information content (AvgIpc) is 2.82. The van der Waals surface area contributed by atoms with E-state index in [1.54, 1.807) is 6.33 Å². The minimum absolute atomic E-state index is 0.500. The highest BCUT2D eigenvalue weighted by molar-refractivity contribution is 5.65. The third-order valence-corrected chi connectivity index (χ3v) is 2.60. The topological polar surface area (TPSA) is 53.1 Å². The quantitative estimate of drug-likeness (QED) is 0.668. The third kappa shape index (κ3) is 0.787. The number of pyridine rings is 1. The average molecular weight is 184 g/mol. The summed E-state index contributed by atoms with van der Waals surface area (Å²) in [5, 5.41) is 12.1. The van der Waals surface area contributed by atoms with Crippen molar-refractivity contribution in [3.8, 4) is 6.07 Å². The highest BCUT2D eigenvalue weighted by Crippen LogP contribution is 2.24. The van der Waals surface area contributed by atoms with Crippen LogP contribution in [0.15, 0.2) is 18.5 Å². The Morgan fingerprint density at radius 3 is 3.29 bits per heavy atom. The van der Waals surface area contributed by atoms with Gasteiger partial charge in [-0.15, -0.1) is 0 Å². The number of hydrogen-bond acceptors (Lipinski definition) is 3. The summed E-state index contributed by atoms with van der Waals surface area (Å²) in [6, 6.07) is 6.04. The van der Waals surface area contributed by atoms with Crippen molar-refractivity contribution < 1.29 is 0 Å². The van der Waals surface area contributed by atoms with E-state index in [0.29, 0.717) is 5.69 Å². The fourth-order valence-electron chi connectivity index (χ4n) is 1.94. The lowest BCUT2D eigenvalue weighted by Gasteiger charge is -2.02. The van der Waals surface area contributed by atoms with E-state index in [4.69, 9.17) is 5.26 Å². The maximum absolute atomic E-state index is 8.83. The molecule has 2 aromatic heterocycles. The summed E-state index contributed by atoms with van der Waals surface area (Å²) < 4.78 is 1.99. The number of aromatic nitrogens is 2. The maximum atomic E-state index is 8.83. The van der Waals surface area contributed by atoms with Crippen LogP contribution in [-0.4, -0.2) is 15.9 Å². The van der Waals surface area contributed by atoms with Crippen LogP contribution < -0.4 is 5.32 Å². The van der Waals surface area contributed by atoms with E-state index in [-0.39, 0.29) is 0 Å². The van der Waals surface area contributed by atoms with Crippen LogP contribution in [0.5, 0.6) is 0 Å². The SMILES string of the molecule is N#Cc1ncn2c3c(ccc12)NCC3. The fourth-order valence-corrected chi connectivity index (χ4v) is 1.94. The number of nitrogens with one attached hydrogen (secondary N) is 1. The van der Waals surface area contributed by atoms with Gasteiger partial charge in [-0.2, -0.15) is 5.26 Å². The minimum atomic E-state index is 0.500. The van der Waals surface area contributed by atoms with E-state index < -0.39 is 0 Å². The zero-order valence-electron chi connectivity index (χ0n) is 7.49. The monoisotopic (exact) mass is 184 g/mol. The van der Waals surface area contributed by atoms with Gasteiger partial charge in [-0.3, -0.25) is 4.40 Å². The smallest absolute Gasteiger partial charge is 0.166 e. The molecule has 4 heteroatoms. The molecule has 0 radical (unpaired) electrons. The lowest BCUT2D eigenvalue weighted by atomic mass is 10.2. The van der Waals surface area contributed by atoms with Gasteiger partial charge in [0.1, 0.15) is 12.4 Å². The number of anilines is 1. The molecule has 3 rings (SSSR count). The van der Waals surface area contributed by atoms with E-state index in [1.807, 2.05) is 16.5 Å². The summed E-state index contributed by atoms with van der Waals surface area (Å²) in [5.41, 5.74) is 3.77. The molecule has 14 heavy (non-hydrogen) atoms. The van der Waals surface area contributed by atoms with Crippen LogP contribution in [-0.2, 0) is 6.42 Å². The molecule has 3 heterocycles. The van der Waals surface area contributed by atoms with E-state index in [9.17, 15) is 0 Å². The van der Waals surface area contributed by atoms with Crippen molar-refractivity contribution >= 4 is 11.2 Å². The van der Waals surface area contributed by atoms with Crippen LogP contribution in [0.1, 0.15) is 11.4 Å². The molecule has 0 aromatic carbocycles. The van der Waals surface area contributed by atoms with Crippen LogP contribution in [0.25, 0.3) is 5.52 Å². The van der Waals surface area contributed by atoms with E-state index >= 15 is 0 Å². The van der Waals surface area contributed by atoms with Crippen LogP contribution in [0.2, 0.25) is 0 Å². The highest BCUT2D eigenvalue weighted by Gasteiger charge is 2.14. The maximum Gasteiger partial charge on any atom is 0.166 e. The standard InChI is InChI=1S/C10H8N4/c11-5-8-9-2-1-7-10(3-4-12-7)14(9)6-13-8/h1-2,6,12H,3-4H2. The van der Waals surface area contributed by atoms with E-state index in [1.165, 1.54) is 5.69 Å². The van der Waals surface area contributed by atoms with Crippen molar-refractivity contribution in [2.75, 3.05) is 11.9 Å². The molecule has 0 unspecified atom stereocenters. The first-order valence-electron chi connectivity index (χ1n) is 4.53. The Bertz CT molecular complexity index is 547. The number of nitrogens with zero attached hydrogens (tertiary/aromatic N) is 3. The predicted octanol–water partition coefficient (Wildman–Crippen LogP) is 1.17. The lowest BCUT2D eigenvalue weighted by molar-refractivity contribution is 0.989. The third-order valence-electron chi connectivity index (χ3n) is 2.60. The number of hydrogen-bond donors (Lipinski definition) is 1. The highest BCUT2D eigenvalue weighted by atomic mass is 15.0. The molecule has 0 atom stereocenters. The molecule has 68 valence electrons. The van der Waals surface area contributed by atoms with Gasteiger partial charge in [0.05, 0.1) is 11.2 Å². The molecule has 0 amide bonds. The van der Waals surface area contributed by atoms with Crippen molar-refractivity contribution in [3.05, 3.63) is 29.8 Å². The summed E-state index contributed by atoms with van der Waals surface area (Å²) >= 11 is 0. The predicted molar refractivity (Wildman–Crippen MR) is 52.1 cm³/mol. The first kappa shape index (κ1) is 7.39. The fraction of sp³-hybridized carbons (Fsp3) is 0.200. The first-order valence-corrected chi connectivity index (χ1v) is 4.53. The molecular weight excluding hydrogens is 176 g/mol. The zero-order chi connectivity index (χ0) is 9.54. The molecule has 0 bridgehead atoms. The normalized spacial score (nSPS) is 13.6. The molecule has 0 spiro atoms. The van der Waals surface area contributed by atoms with Crippen molar-refractivity contribution in [2.24, 2.45) is 0 Å². The van der Waals surface area contributed by atoms with Gasteiger partial charge in [0, 0.05) is 18.7 Å². The van der Waals surface area contributed by atoms with Gasteiger partial charge in [0.25, 0.3) is 0 Å². The van der Waals surface area contributed by atoms with Crippen LogP contribution in [0.3, 0.4) is 0 Å². The molecule has 0 aliphatic carbocycles. The Balaban J connectivity index is 2.41. The van der Waals surface area contributed by atoms with Crippen molar-refractivity contribution in [1.29, 1.82) is 5.26 Å². The van der Waals surface area contributed by atoms with Crippen LogP contribution in [0, 0.1) is 11.3 Å². The van der Waals surface area contributed by atoms with E-state index in [2.05, 4.69) is 16.4 Å². The summed E-state index contributed by atoms with van der Waals surface area (Å²) in [6.07, 6.45) is 2.72. The van der Waals surface area contributed by atoms with Gasteiger partial charge < -0.3 is 5.32 Å². The second kappa shape index (κ2) is 2.48. The molecule has 1 N–H and O–H groups in total. The Kier molecular flexibility index (Phi) is 1.31. The van der Waals surface area contributed by atoms with Crippen LogP contribution in [0.4, 0.5) is 5.69 Å². The Labute approximate surface area is 80.8 Å².